The highest BCUT2D eigenvalue weighted by atomic mass is 16.1. The Balaban J connectivity index is 2.49. The summed E-state index contributed by atoms with van der Waals surface area (Å²) in [6, 6.07) is 10.5. The molecule has 4 heteroatoms. The van der Waals surface area contributed by atoms with Crippen LogP contribution in [-0.4, -0.2) is 15.6 Å². The number of ketones is 1. The summed E-state index contributed by atoms with van der Waals surface area (Å²) in [5.41, 5.74) is 2.51. The average molecular weight is 256 g/mol. The first-order chi connectivity index (χ1) is 8.99. The third kappa shape index (κ3) is 2.78. The minimum absolute atomic E-state index is 0.0874. The molecule has 0 aliphatic heterocycles. The van der Waals surface area contributed by atoms with Crippen molar-refractivity contribution in [1.82, 2.24) is 9.78 Å². The number of hydrogen-bond donors (Lipinski definition) is 0. The largest absolute Gasteiger partial charge is 0.298 e. The molecule has 1 aromatic carbocycles. The van der Waals surface area contributed by atoms with Gasteiger partial charge in [0.05, 0.1) is 5.69 Å². The molecule has 0 unspecified atom stereocenters. The normalized spacial score (nSPS) is 12.2. The maximum Gasteiger partial charge on any atom is 0.267 e. The van der Waals surface area contributed by atoms with E-state index in [4.69, 9.17) is 0 Å². The molecule has 0 saturated carbocycles. The van der Waals surface area contributed by atoms with Crippen molar-refractivity contribution in [3.05, 3.63) is 52.3 Å². The highest BCUT2D eigenvalue weighted by Gasteiger charge is 2.13. The van der Waals surface area contributed by atoms with Gasteiger partial charge in [-0.25, -0.2) is 4.68 Å². The molecule has 0 spiro atoms. The van der Waals surface area contributed by atoms with Crippen LogP contribution in [0, 0.1) is 6.92 Å². The van der Waals surface area contributed by atoms with E-state index in [0.717, 1.165) is 11.1 Å². The van der Waals surface area contributed by atoms with E-state index in [1.807, 2.05) is 31.2 Å². The fraction of sp³-hybridized carbons (Fsp3) is 0.267. The lowest BCUT2D eigenvalue weighted by atomic mass is 10.1. The van der Waals surface area contributed by atoms with Crippen LogP contribution in [0.15, 0.2) is 41.2 Å². The zero-order chi connectivity index (χ0) is 14.0. The van der Waals surface area contributed by atoms with Gasteiger partial charge in [-0.3, -0.25) is 9.59 Å². The number of nitrogens with zero attached hydrogens (tertiary/aromatic N) is 2. The van der Waals surface area contributed by atoms with E-state index < -0.39 is 6.04 Å². The van der Waals surface area contributed by atoms with Crippen molar-refractivity contribution in [3.8, 4) is 11.3 Å². The molecular formula is C15H16N2O2. The predicted octanol–water partition coefficient (Wildman–Crippen LogP) is 2.37. The van der Waals surface area contributed by atoms with Gasteiger partial charge in [-0.1, -0.05) is 29.8 Å². The summed E-state index contributed by atoms with van der Waals surface area (Å²) in [6.45, 7) is 5.14. The third-order valence-electron chi connectivity index (χ3n) is 3.13. The van der Waals surface area contributed by atoms with E-state index in [0.29, 0.717) is 5.69 Å². The molecule has 2 rings (SSSR count). The molecule has 19 heavy (non-hydrogen) atoms. The highest BCUT2D eigenvalue weighted by Crippen LogP contribution is 2.16. The fourth-order valence-corrected chi connectivity index (χ4v) is 1.75. The van der Waals surface area contributed by atoms with Gasteiger partial charge in [0.2, 0.25) is 0 Å². The Bertz CT molecular complexity index is 657. The SMILES string of the molecule is CC(=O)[C@@H](C)n1nc(-c2ccc(C)cc2)ccc1=O. The maximum absolute atomic E-state index is 11.8. The Kier molecular flexibility index (Phi) is 3.60. The van der Waals surface area contributed by atoms with Gasteiger partial charge in [-0.05, 0) is 26.8 Å². The number of aromatic nitrogens is 2. The lowest BCUT2D eigenvalue weighted by Gasteiger charge is -2.11. The van der Waals surface area contributed by atoms with Crippen molar-refractivity contribution >= 4 is 5.78 Å². The molecule has 98 valence electrons. The van der Waals surface area contributed by atoms with Crippen LogP contribution in [-0.2, 0) is 4.79 Å². The van der Waals surface area contributed by atoms with E-state index in [1.165, 1.54) is 17.7 Å². The molecule has 1 aromatic heterocycles. The smallest absolute Gasteiger partial charge is 0.267 e. The van der Waals surface area contributed by atoms with Crippen molar-refractivity contribution < 1.29 is 4.79 Å². The number of hydrogen-bond acceptors (Lipinski definition) is 3. The summed E-state index contributed by atoms with van der Waals surface area (Å²) in [4.78, 5) is 23.1. The number of carbonyl (C=O) groups is 1. The van der Waals surface area contributed by atoms with Crippen LogP contribution in [0.25, 0.3) is 11.3 Å². The molecule has 2 aromatic rings. The van der Waals surface area contributed by atoms with Gasteiger partial charge in [-0.15, -0.1) is 0 Å². The summed E-state index contributed by atoms with van der Waals surface area (Å²) in [7, 11) is 0. The molecule has 0 amide bonds. The number of benzene rings is 1. The molecular weight excluding hydrogens is 240 g/mol. The molecule has 0 aliphatic carbocycles. The summed E-state index contributed by atoms with van der Waals surface area (Å²) >= 11 is 0. The highest BCUT2D eigenvalue weighted by molar-refractivity contribution is 5.79. The zero-order valence-electron chi connectivity index (χ0n) is 11.3. The van der Waals surface area contributed by atoms with E-state index in [1.54, 1.807) is 13.0 Å². The summed E-state index contributed by atoms with van der Waals surface area (Å²) in [5, 5.41) is 4.28. The predicted molar refractivity (Wildman–Crippen MR) is 74.1 cm³/mol. The topological polar surface area (TPSA) is 52.0 Å². The van der Waals surface area contributed by atoms with Crippen molar-refractivity contribution in [2.24, 2.45) is 0 Å². The van der Waals surface area contributed by atoms with Crippen LogP contribution in [0.3, 0.4) is 0 Å². The maximum atomic E-state index is 11.8. The lowest BCUT2D eigenvalue weighted by Crippen LogP contribution is -2.28. The van der Waals surface area contributed by atoms with Crippen molar-refractivity contribution in [2.45, 2.75) is 26.8 Å². The standard InChI is InChI=1S/C15H16N2O2/c1-10-4-6-13(7-5-10)14-8-9-15(19)17(16-14)11(2)12(3)18/h4-9,11H,1-3H3/t11-/m1/s1. The van der Waals surface area contributed by atoms with Gasteiger partial charge in [0, 0.05) is 11.6 Å². The van der Waals surface area contributed by atoms with Crippen molar-refractivity contribution in [1.29, 1.82) is 0 Å². The molecule has 0 aliphatic rings. The monoisotopic (exact) mass is 256 g/mol. The Labute approximate surface area is 111 Å². The second-order valence-electron chi connectivity index (χ2n) is 4.65. The van der Waals surface area contributed by atoms with Crippen LogP contribution in [0.1, 0.15) is 25.5 Å². The van der Waals surface area contributed by atoms with Crippen LogP contribution in [0.2, 0.25) is 0 Å². The van der Waals surface area contributed by atoms with Crippen molar-refractivity contribution in [2.75, 3.05) is 0 Å². The van der Waals surface area contributed by atoms with E-state index in [9.17, 15) is 9.59 Å². The first-order valence-corrected chi connectivity index (χ1v) is 6.16. The second kappa shape index (κ2) is 5.18. The zero-order valence-corrected chi connectivity index (χ0v) is 11.3. The molecule has 0 bridgehead atoms. The number of Topliss-reactive ketones (excluding diaryl/α,β-unsaturated/α-hetero) is 1. The first kappa shape index (κ1) is 13.2. The van der Waals surface area contributed by atoms with Crippen LogP contribution in [0.5, 0.6) is 0 Å². The molecule has 0 fully saturated rings. The Morgan fingerprint density at radius 2 is 1.79 bits per heavy atom. The van der Waals surface area contributed by atoms with E-state index in [-0.39, 0.29) is 11.3 Å². The minimum atomic E-state index is -0.544. The number of rotatable bonds is 3. The Hall–Kier alpha value is -2.23. The van der Waals surface area contributed by atoms with Crippen LogP contribution >= 0.6 is 0 Å². The van der Waals surface area contributed by atoms with E-state index in [2.05, 4.69) is 5.10 Å². The lowest BCUT2D eigenvalue weighted by molar-refractivity contribution is -0.120. The molecule has 1 atom stereocenters. The van der Waals surface area contributed by atoms with Gasteiger partial charge < -0.3 is 0 Å². The minimum Gasteiger partial charge on any atom is -0.298 e. The number of carbonyl (C=O) groups excluding carboxylic acids is 1. The van der Waals surface area contributed by atoms with Gasteiger partial charge in [-0.2, -0.15) is 5.10 Å². The van der Waals surface area contributed by atoms with Crippen LogP contribution in [0.4, 0.5) is 0 Å². The molecule has 0 radical (unpaired) electrons. The summed E-state index contributed by atoms with van der Waals surface area (Å²) < 4.78 is 1.23. The molecule has 1 heterocycles. The number of aryl methyl sites for hydroxylation is 1. The third-order valence-corrected chi connectivity index (χ3v) is 3.13. The quantitative estimate of drug-likeness (QED) is 0.847. The summed E-state index contributed by atoms with van der Waals surface area (Å²) in [5.74, 6) is -0.0874. The van der Waals surface area contributed by atoms with Gasteiger partial charge in [0.15, 0.2) is 5.78 Å². The first-order valence-electron chi connectivity index (χ1n) is 6.16. The molecule has 4 nitrogen and oxygen atoms in total. The van der Waals surface area contributed by atoms with Gasteiger partial charge in [0.1, 0.15) is 6.04 Å². The Morgan fingerprint density at radius 1 is 1.16 bits per heavy atom. The summed E-state index contributed by atoms with van der Waals surface area (Å²) in [6.07, 6.45) is 0. The van der Waals surface area contributed by atoms with Gasteiger partial charge >= 0.3 is 0 Å². The fourth-order valence-electron chi connectivity index (χ4n) is 1.75. The average Bonchev–Trinajstić information content (AvgIpc) is 2.39. The molecule has 0 saturated heterocycles. The van der Waals surface area contributed by atoms with E-state index >= 15 is 0 Å². The van der Waals surface area contributed by atoms with Gasteiger partial charge in [0.25, 0.3) is 5.56 Å². The Morgan fingerprint density at radius 3 is 2.37 bits per heavy atom. The van der Waals surface area contributed by atoms with Crippen molar-refractivity contribution in [3.63, 3.8) is 0 Å². The molecule has 0 N–H and O–H groups in total. The van der Waals surface area contributed by atoms with Crippen LogP contribution < -0.4 is 5.56 Å². The second-order valence-corrected chi connectivity index (χ2v) is 4.65.